The summed E-state index contributed by atoms with van der Waals surface area (Å²) in [6.07, 6.45) is 2.12. The van der Waals surface area contributed by atoms with Crippen LogP contribution in [0.1, 0.15) is 18.4 Å². The van der Waals surface area contributed by atoms with Crippen molar-refractivity contribution in [1.29, 1.82) is 5.26 Å². The van der Waals surface area contributed by atoms with Gasteiger partial charge in [-0.15, -0.1) is 0 Å². The predicted octanol–water partition coefficient (Wildman–Crippen LogP) is 2.45. The normalized spacial score (nSPS) is 10.3. The molecule has 0 atom stereocenters. The zero-order chi connectivity index (χ0) is 12.7. The Kier molecular flexibility index (Phi) is 5.44. The molecule has 0 aromatic heterocycles. The zero-order valence-electron chi connectivity index (χ0n) is 10.3. The maximum Gasteiger partial charge on any atom is 0.126 e. The van der Waals surface area contributed by atoms with Gasteiger partial charge >= 0.3 is 0 Å². The molecule has 1 rings (SSSR count). The van der Waals surface area contributed by atoms with Crippen molar-refractivity contribution in [3.05, 3.63) is 29.6 Å². The fraction of sp³-hybridized carbons (Fsp3) is 0.462. The first-order valence-corrected chi connectivity index (χ1v) is 5.71. The van der Waals surface area contributed by atoms with Crippen molar-refractivity contribution < 1.29 is 4.39 Å². The molecule has 1 aromatic carbocycles. The minimum absolute atomic E-state index is 0.348. The monoisotopic (exact) mass is 235 g/mol. The molecule has 1 aromatic rings. The first-order valence-electron chi connectivity index (χ1n) is 5.71. The number of nitriles is 1. The van der Waals surface area contributed by atoms with Crippen LogP contribution in [-0.4, -0.2) is 32.1 Å². The Labute approximate surface area is 102 Å². The molecule has 0 saturated carbocycles. The Morgan fingerprint density at radius 2 is 2.06 bits per heavy atom. The third-order valence-corrected chi connectivity index (χ3v) is 2.39. The van der Waals surface area contributed by atoms with Crippen molar-refractivity contribution >= 4 is 5.69 Å². The van der Waals surface area contributed by atoms with E-state index in [-0.39, 0.29) is 5.82 Å². The molecule has 0 saturated heterocycles. The number of hydrogen-bond donors (Lipinski definition) is 1. The molecule has 0 spiro atoms. The van der Waals surface area contributed by atoms with Gasteiger partial charge in [0.15, 0.2) is 0 Å². The number of halogens is 1. The molecule has 3 nitrogen and oxygen atoms in total. The van der Waals surface area contributed by atoms with Gasteiger partial charge in [-0.3, -0.25) is 0 Å². The lowest BCUT2D eigenvalue weighted by atomic mass is 10.2. The summed E-state index contributed by atoms with van der Waals surface area (Å²) in [6.45, 7) is 1.84. The van der Waals surface area contributed by atoms with Crippen LogP contribution in [0.2, 0.25) is 0 Å². The first kappa shape index (κ1) is 13.5. The second kappa shape index (κ2) is 6.87. The molecular weight excluding hydrogens is 217 g/mol. The van der Waals surface area contributed by atoms with Gasteiger partial charge in [0.05, 0.1) is 11.6 Å². The minimum atomic E-state index is -0.375. The summed E-state index contributed by atoms with van der Waals surface area (Å²) in [5, 5.41) is 11.8. The smallest absolute Gasteiger partial charge is 0.126 e. The lowest BCUT2D eigenvalue weighted by Gasteiger charge is -2.10. The molecular formula is C13H18FN3. The van der Waals surface area contributed by atoms with Gasteiger partial charge in [0.1, 0.15) is 5.82 Å². The summed E-state index contributed by atoms with van der Waals surface area (Å²) < 4.78 is 13.1. The number of nitrogens with one attached hydrogen (secondary N) is 1. The SMILES string of the molecule is CN(C)CCCCNc1cc(F)cc(C#N)c1. The van der Waals surface area contributed by atoms with E-state index in [2.05, 4.69) is 10.2 Å². The van der Waals surface area contributed by atoms with Gasteiger partial charge in [-0.05, 0) is 51.7 Å². The first-order chi connectivity index (χ1) is 8.11. The summed E-state index contributed by atoms with van der Waals surface area (Å²) in [6, 6.07) is 6.24. The lowest BCUT2D eigenvalue weighted by Crippen LogP contribution is -2.14. The molecule has 0 radical (unpaired) electrons. The van der Waals surface area contributed by atoms with E-state index >= 15 is 0 Å². The average Bonchev–Trinajstić information content (AvgIpc) is 2.27. The highest BCUT2D eigenvalue weighted by Crippen LogP contribution is 2.13. The van der Waals surface area contributed by atoms with Gasteiger partial charge in [-0.25, -0.2) is 4.39 Å². The van der Waals surface area contributed by atoms with Gasteiger partial charge in [0.2, 0.25) is 0 Å². The number of unbranched alkanes of at least 4 members (excludes halogenated alkanes) is 1. The minimum Gasteiger partial charge on any atom is -0.385 e. The third-order valence-electron chi connectivity index (χ3n) is 2.39. The van der Waals surface area contributed by atoms with E-state index in [0.717, 1.165) is 25.9 Å². The number of rotatable bonds is 6. The maximum atomic E-state index is 13.1. The molecule has 0 amide bonds. The Morgan fingerprint density at radius 3 is 2.71 bits per heavy atom. The molecule has 0 aliphatic carbocycles. The molecule has 0 heterocycles. The van der Waals surface area contributed by atoms with E-state index in [1.54, 1.807) is 6.07 Å². The van der Waals surface area contributed by atoms with Gasteiger partial charge < -0.3 is 10.2 Å². The molecule has 0 unspecified atom stereocenters. The molecule has 4 heteroatoms. The lowest BCUT2D eigenvalue weighted by molar-refractivity contribution is 0.396. The van der Waals surface area contributed by atoms with E-state index in [4.69, 9.17) is 5.26 Å². The topological polar surface area (TPSA) is 39.1 Å². The van der Waals surface area contributed by atoms with Crippen LogP contribution in [0, 0.1) is 17.1 Å². The van der Waals surface area contributed by atoms with Crippen molar-refractivity contribution in [1.82, 2.24) is 4.90 Å². The van der Waals surface area contributed by atoms with Gasteiger partial charge in [0.25, 0.3) is 0 Å². The fourth-order valence-corrected chi connectivity index (χ4v) is 1.54. The van der Waals surface area contributed by atoms with Crippen LogP contribution in [0.4, 0.5) is 10.1 Å². The number of nitrogens with zero attached hydrogens (tertiary/aromatic N) is 2. The van der Waals surface area contributed by atoms with Crippen molar-refractivity contribution in [3.8, 4) is 6.07 Å². The van der Waals surface area contributed by atoms with Crippen LogP contribution in [0.15, 0.2) is 18.2 Å². The highest BCUT2D eigenvalue weighted by Gasteiger charge is 1.99. The maximum absolute atomic E-state index is 13.1. The van der Waals surface area contributed by atoms with Crippen molar-refractivity contribution in [2.45, 2.75) is 12.8 Å². The second-order valence-corrected chi connectivity index (χ2v) is 4.28. The van der Waals surface area contributed by atoms with Crippen molar-refractivity contribution in [2.24, 2.45) is 0 Å². The van der Waals surface area contributed by atoms with Crippen LogP contribution in [0.3, 0.4) is 0 Å². The summed E-state index contributed by atoms with van der Waals surface area (Å²) in [7, 11) is 4.08. The summed E-state index contributed by atoms with van der Waals surface area (Å²) in [5.41, 5.74) is 1.02. The van der Waals surface area contributed by atoms with Gasteiger partial charge in [0, 0.05) is 12.2 Å². The zero-order valence-corrected chi connectivity index (χ0v) is 10.3. The van der Waals surface area contributed by atoms with Gasteiger partial charge in [-0.2, -0.15) is 5.26 Å². The van der Waals surface area contributed by atoms with Crippen LogP contribution < -0.4 is 5.32 Å². The molecule has 0 aliphatic rings. The predicted molar refractivity (Wildman–Crippen MR) is 67.4 cm³/mol. The van der Waals surface area contributed by atoms with Crippen molar-refractivity contribution in [2.75, 3.05) is 32.5 Å². The van der Waals surface area contributed by atoms with Crippen LogP contribution in [0.25, 0.3) is 0 Å². The Hall–Kier alpha value is -1.60. The largest absolute Gasteiger partial charge is 0.385 e. The summed E-state index contributed by atoms with van der Waals surface area (Å²) >= 11 is 0. The Morgan fingerprint density at radius 1 is 1.29 bits per heavy atom. The highest BCUT2D eigenvalue weighted by atomic mass is 19.1. The standard InChI is InChI=1S/C13H18FN3/c1-17(2)6-4-3-5-16-13-8-11(10-15)7-12(14)9-13/h7-9,16H,3-6H2,1-2H3. The quantitative estimate of drug-likeness (QED) is 0.770. The molecule has 0 fully saturated rings. The van der Waals surface area contributed by atoms with Gasteiger partial charge in [-0.1, -0.05) is 0 Å². The van der Waals surface area contributed by atoms with E-state index in [1.165, 1.54) is 12.1 Å². The second-order valence-electron chi connectivity index (χ2n) is 4.28. The van der Waals surface area contributed by atoms with Crippen molar-refractivity contribution in [3.63, 3.8) is 0 Å². The molecule has 92 valence electrons. The number of benzene rings is 1. The molecule has 17 heavy (non-hydrogen) atoms. The highest BCUT2D eigenvalue weighted by molar-refractivity contribution is 5.49. The van der Waals surface area contributed by atoms with E-state index in [0.29, 0.717) is 11.3 Å². The number of hydrogen-bond acceptors (Lipinski definition) is 3. The van der Waals surface area contributed by atoms with E-state index in [9.17, 15) is 4.39 Å². The average molecular weight is 235 g/mol. The Bertz CT molecular complexity index is 396. The number of anilines is 1. The van der Waals surface area contributed by atoms with Crippen LogP contribution in [0.5, 0.6) is 0 Å². The van der Waals surface area contributed by atoms with Crippen LogP contribution in [-0.2, 0) is 0 Å². The van der Waals surface area contributed by atoms with E-state index in [1.807, 2.05) is 20.2 Å². The summed E-state index contributed by atoms with van der Waals surface area (Å²) in [4.78, 5) is 2.13. The molecule has 0 aliphatic heterocycles. The molecule has 1 N–H and O–H groups in total. The molecule has 0 bridgehead atoms. The van der Waals surface area contributed by atoms with E-state index < -0.39 is 0 Å². The fourth-order valence-electron chi connectivity index (χ4n) is 1.54. The third kappa shape index (κ3) is 5.32. The van der Waals surface area contributed by atoms with Crippen LogP contribution >= 0.6 is 0 Å². The Balaban J connectivity index is 2.37. The summed E-state index contributed by atoms with van der Waals surface area (Å²) in [5.74, 6) is -0.375.